The number of carbonyl (C=O) groups is 1. The van der Waals surface area contributed by atoms with Gasteiger partial charge in [0.1, 0.15) is 12.6 Å². The molecule has 0 radical (unpaired) electrons. The second-order valence-corrected chi connectivity index (χ2v) is 3.81. The Labute approximate surface area is 106 Å². The van der Waals surface area contributed by atoms with Gasteiger partial charge >= 0.3 is 5.97 Å². The van der Waals surface area contributed by atoms with Crippen LogP contribution in [-0.2, 0) is 27.2 Å². The third-order valence-corrected chi connectivity index (χ3v) is 2.50. The average molecular weight is 257 g/mol. The summed E-state index contributed by atoms with van der Waals surface area (Å²) in [4.78, 5) is 15.1. The first-order valence-electron chi connectivity index (χ1n) is 5.79. The molecule has 1 aromatic rings. The van der Waals surface area contributed by atoms with Crippen LogP contribution in [0, 0.1) is 0 Å². The molecule has 1 aromatic heterocycles. The predicted octanol–water partition coefficient (Wildman–Crippen LogP) is 0.649. The van der Waals surface area contributed by atoms with E-state index < -0.39 is 5.97 Å². The maximum atomic E-state index is 10.8. The monoisotopic (exact) mass is 257 g/mol. The highest BCUT2D eigenvalue weighted by Gasteiger charge is 2.19. The Bertz CT molecular complexity index is 388. The topological polar surface area (TPSA) is 86.5 Å². The van der Waals surface area contributed by atoms with Gasteiger partial charge in [-0.05, 0) is 6.42 Å². The Balaban J connectivity index is 2.95. The van der Waals surface area contributed by atoms with Crippen LogP contribution in [0.15, 0.2) is 0 Å². The molecule has 1 atom stereocenters. The number of methoxy groups -OCH3 is 2. The molecule has 0 saturated carbocycles. The summed E-state index contributed by atoms with van der Waals surface area (Å²) in [5, 5.41) is 13.0. The summed E-state index contributed by atoms with van der Waals surface area (Å²) in [6.45, 7) is 2.23. The fraction of sp³-hybridized carbons (Fsp3) is 0.727. The molecule has 1 heterocycles. The fourth-order valence-electron chi connectivity index (χ4n) is 1.64. The lowest BCUT2D eigenvalue weighted by molar-refractivity contribution is -0.138. The molecule has 0 spiro atoms. The maximum absolute atomic E-state index is 10.8. The lowest BCUT2D eigenvalue weighted by Crippen LogP contribution is -2.16. The summed E-state index contributed by atoms with van der Waals surface area (Å²) in [6.07, 6.45) is 1.02. The molecule has 0 saturated heterocycles. The summed E-state index contributed by atoms with van der Waals surface area (Å²) in [6, 6.07) is 0. The Kier molecular flexibility index (Phi) is 5.73. The van der Waals surface area contributed by atoms with Crippen molar-refractivity contribution in [2.45, 2.75) is 32.4 Å². The lowest BCUT2D eigenvalue weighted by Gasteiger charge is -2.12. The van der Waals surface area contributed by atoms with Crippen LogP contribution >= 0.6 is 0 Å². The van der Waals surface area contributed by atoms with E-state index in [-0.39, 0.29) is 12.6 Å². The normalized spacial score (nSPS) is 12.6. The van der Waals surface area contributed by atoms with Gasteiger partial charge in [-0.3, -0.25) is 4.79 Å². The van der Waals surface area contributed by atoms with Gasteiger partial charge in [0.15, 0.2) is 11.6 Å². The molecule has 7 heteroatoms. The van der Waals surface area contributed by atoms with E-state index >= 15 is 0 Å². The Morgan fingerprint density at radius 2 is 2.22 bits per heavy atom. The summed E-state index contributed by atoms with van der Waals surface area (Å²) < 4.78 is 11.6. The van der Waals surface area contributed by atoms with E-state index in [2.05, 4.69) is 10.1 Å². The van der Waals surface area contributed by atoms with Crippen molar-refractivity contribution in [1.82, 2.24) is 14.8 Å². The van der Waals surface area contributed by atoms with Crippen molar-refractivity contribution >= 4 is 5.97 Å². The molecular formula is C11H19N3O4. The Morgan fingerprint density at radius 1 is 1.50 bits per heavy atom. The van der Waals surface area contributed by atoms with Crippen LogP contribution in [-0.4, -0.2) is 46.7 Å². The van der Waals surface area contributed by atoms with Gasteiger partial charge in [0, 0.05) is 20.6 Å². The standard InChI is InChI=1S/C11H19N3O4/c1-4-8(18-3)11-12-9(5-6-17-2)13-14(11)7-10(15)16/h8H,4-7H2,1-3H3,(H,15,16)/t8-/m0/s1. The third kappa shape index (κ3) is 3.78. The molecule has 18 heavy (non-hydrogen) atoms. The quantitative estimate of drug-likeness (QED) is 0.735. The van der Waals surface area contributed by atoms with E-state index in [1.165, 1.54) is 4.68 Å². The van der Waals surface area contributed by atoms with Gasteiger partial charge in [0.2, 0.25) is 0 Å². The summed E-state index contributed by atoms with van der Waals surface area (Å²) in [5.74, 6) is 0.169. The minimum Gasteiger partial charge on any atom is -0.480 e. The first kappa shape index (κ1) is 14.6. The van der Waals surface area contributed by atoms with Gasteiger partial charge in [-0.15, -0.1) is 0 Å². The first-order chi connectivity index (χ1) is 8.62. The molecule has 1 rings (SSSR count). The minimum absolute atomic E-state index is 0.213. The van der Waals surface area contributed by atoms with Crippen molar-refractivity contribution in [1.29, 1.82) is 0 Å². The second-order valence-electron chi connectivity index (χ2n) is 3.81. The molecule has 0 aliphatic rings. The largest absolute Gasteiger partial charge is 0.480 e. The zero-order valence-electron chi connectivity index (χ0n) is 10.9. The molecule has 0 fully saturated rings. The number of ether oxygens (including phenoxy) is 2. The highest BCUT2D eigenvalue weighted by atomic mass is 16.5. The summed E-state index contributed by atoms with van der Waals surface area (Å²) >= 11 is 0. The maximum Gasteiger partial charge on any atom is 0.325 e. The van der Waals surface area contributed by atoms with Crippen LogP contribution in [0.25, 0.3) is 0 Å². The van der Waals surface area contributed by atoms with E-state index in [1.807, 2.05) is 6.92 Å². The number of aliphatic carboxylic acids is 1. The van der Waals surface area contributed by atoms with Gasteiger partial charge in [0.05, 0.1) is 6.61 Å². The first-order valence-corrected chi connectivity index (χ1v) is 5.79. The highest BCUT2D eigenvalue weighted by Crippen LogP contribution is 2.18. The van der Waals surface area contributed by atoms with Gasteiger partial charge in [-0.1, -0.05) is 6.92 Å². The zero-order chi connectivity index (χ0) is 13.5. The number of aromatic nitrogens is 3. The Hall–Kier alpha value is -1.47. The van der Waals surface area contributed by atoms with Crippen LogP contribution in [0.2, 0.25) is 0 Å². The predicted molar refractivity (Wildman–Crippen MR) is 63.3 cm³/mol. The molecule has 0 unspecified atom stereocenters. The molecular weight excluding hydrogens is 238 g/mol. The van der Waals surface area contributed by atoms with Gasteiger partial charge < -0.3 is 14.6 Å². The lowest BCUT2D eigenvalue weighted by atomic mass is 10.2. The highest BCUT2D eigenvalue weighted by molar-refractivity contribution is 5.66. The van der Waals surface area contributed by atoms with Crippen molar-refractivity contribution in [2.24, 2.45) is 0 Å². The number of hydrogen-bond donors (Lipinski definition) is 1. The van der Waals surface area contributed by atoms with Gasteiger partial charge in [-0.2, -0.15) is 5.10 Å². The van der Waals surface area contributed by atoms with Crippen molar-refractivity contribution in [3.63, 3.8) is 0 Å². The third-order valence-electron chi connectivity index (χ3n) is 2.50. The summed E-state index contributed by atoms with van der Waals surface area (Å²) in [5.41, 5.74) is 0. The van der Waals surface area contributed by atoms with E-state index in [0.717, 1.165) is 0 Å². The van der Waals surface area contributed by atoms with E-state index in [4.69, 9.17) is 14.6 Å². The van der Waals surface area contributed by atoms with Gasteiger partial charge in [-0.25, -0.2) is 9.67 Å². The van der Waals surface area contributed by atoms with Crippen LogP contribution in [0.1, 0.15) is 31.1 Å². The van der Waals surface area contributed by atoms with Gasteiger partial charge in [0.25, 0.3) is 0 Å². The van der Waals surface area contributed by atoms with Crippen molar-refractivity contribution in [3.8, 4) is 0 Å². The summed E-state index contributed by atoms with van der Waals surface area (Å²) in [7, 11) is 3.17. The fourth-order valence-corrected chi connectivity index (χ4v) is 1.64. The van der Waals surface area contributed by atoms with E-state index in [0.29, 0.717) is 31.1 Å². The van der Waals surface area contributed by atoms with Crippen molar-refractivity contribution in [3.05, 3.63) is 11.6 Å². The Morgan fingerprint density at radius 3 is 2.72 bits per heavy atom. The van der Waals surface area contributed by atoms with Crippen molar-refractivity contribution < 1.29 is 19.4 Å². The molecule has 0 aliphatic carbocycles. The van der Waals surface area contributed by atoms with Crippen LogP contribution < -0.4 is 0 Å². The number of rotatable bonds is 8. The number of nitrogens with zero attached hydrogens (tertiary/aromatic N) is 3. The molecule has 7 nitrogen and oxygen atoms in total. The number of carboxylic acid groups (broad SMARTS) is 1. The van der Waals surface area contributed by atoms with Crippen LogP contribution in [0.5, 0.6) is 0 Å². The molecule has 0 aliphatic heterocycles. The minimum atomic E-state index is -0.953. The van der Waals surface area contributed by atoms with Crippen LogP contribution in [0.4, 0.5) is 0 Å². The van der Waals surface area contributed by atoms with E-state index in [1.54, 1.807) is 14.2 Å². The SMILES string of the molecule is CC[C@H](OC)c1nc(CCOC)nn1CC(=O)O. The number of hydrogen-bond acceptors (Lipinski definition) is 5. The molecule has 0 aromatic carbocycles. The van der Waals surface area contributed by atoms with E-state index in [9.17, 15) is 4.79 Å². The zero-order valence-corrected chi connectivity index (χ0v) is 10.9. The van der Waals surface area contributed by atoms with Crippen molar-refractivity contribution in [2.75, 3.05) is 20.8 Å². The van der Waals surface area contributed by atoms with Crippen LogP contribution in [0.3, 0.4) is 0 Å². The number of carboxylic acids is 1. The molecule has 0 bridgehead atoms. The average Bonchev–Trinajstić information content (AvgIpc) is 2.71. The second kappa shape index (κ2) is 7.07. The smallest absolute Gasteiger partial charge is 0.325 e. The molecule has 0 amide bonds. The molecule has 102 valence electrons. The molecule has 1 N–H and O–H groups in total.